The monoisotopic (exact) mass is 347 g/mol. The molecule has 1 aromatic rings. The number of fused-ring (bicyclic) bond motifs is 1. The minimum Gasteiger partial charge on any atom is -0.481 e. The van der Waals surface area contributed by atoms with Gasteiger partial charge in [0.05, 0.1) is 6.10 Å². The molecular formula is C15H16F3NO5. The van der Waals surface area contributed by atoms with Crippen LogP contribution in [0.15, 0.2) is 18.2 Å². The minimum atomic E-state index is -4.36. The molecule has 9 heteroatoms. The Morgan fingerprint density at radius 2 is 2.04 bits per heavy atom. The summed E-state index contributed by atoms with van der Waals surface area (Å²) in [6.07, 6.45) is -5.72. The molecule has 3 rings (SSSR count). The van der Waals surface area contributed by atoms with Crippen LogP contribution in [-0.4, -0.2) is 55.7 Å². The molecule has 132 valence electrons. The van der Waals surface area contributed by atoms with Crippen LogP contribution in [0.25, 0.3) is 0 Å². The summed E-state index contributed by atoms with van der Waals surface area (Å²) in [5.74, 6) is 1.29. The van der Waals surface area contributed by atoms with E-state index in [9.17, 15) is 18.0 Å². The zero-order valence-electron chi connectivity index (χ0n) is 12.8. The average molecular weight is 347 g/mol. The van der Waals surface area contributed by atoms with E-state index in [2.05, 4.69) is 4.74 Å². The predicted octanol–water partition coefficient (Wildman–Crippen LogP) is 1.97. The molecule has 2 aliphatic rings. The van der Waals surface area contributed by atoms with Crippen molar-refractivity contribution in [2.75, 3.05) is 26.5 Å². The second kappa shape index (κ2) is 6.39. The molecule has 0 aliphatic carbocycles. The van der Waals surface area contributed by atoms with E-state index in [1.54, 1.807) is 25.1 Å². The van der Waals surface area contributed by atoms with E-state index in [1.807, 2.05) is 0 Å². The molecule has 6 nitrogen and oxygen atoms in total. The highest BCUT2D eigenvalue weighted by molar-refractivity contribution is 5.81. The fourth-order valence-corrected chi connectivity index (χ4v) is 2.40. The summed E-state index contributed by atoms with van der Waals surface area (Å²) >= 11 is 0. The van der Waals surface area contributed by atoms with E-state index < -0.39 is 25.0 Å². The number of ether oxygens (including phenoxy) is 4. The first-order valence-electron chi connectivity index (χ1n) is 7.35. The molecule has 1 amide bonds. The van der Waals surface area contributed by atoms with Crippen LogP contribution in [0.4, 0.5) is 13.2 Å². The Labute approximate surface area is 136 Å². The maximum absolute atomic E-state index is 12.2. The number of alkyl halides is 3. The summed E-state index contributed by atoms with van der Waals surface area (Å²) < 4.78 is 56.8. The number of halogens is 3. The molecule has 0 radical (unpaired) electrons. The van der Waals surface area contributed by atoms with E-state index in [1.165, 1.54) is 4.90 Å². The quantitative estimate of drug-likeness (QED) is 0.815. The van der Waals surface area contributed by atoms with Crippen LogP contribution in [0.2, 0.25) is 0 Å². The Morgan fingerprint density at radius 1 is 1.33 bits per heavy atom. The number of carbonyl (C=O) groups excluding carboxylic acids is 1. The van der Waals surface area contributed by atoms with Crippen LogP contribution in [0.5, 0.6) is 17.2 Å². The lowest BCUT2D eigenvalue weighted by molar-refractivity contribution is -0.201. The minimum absolute atomic E-state index is 0.129. The van der Waals surface area contributed by atoms with Gasteiger partial charge in [0.25, 0.3) is 5.91 Å². The largest absolute Gasteiger partial charge is 0.481 e. The Hall–Kier alpha value is -2.16. The van der Waals surface area contributed by atoms with E-state index in [0.29, 0.717) is 17.2 Å². The maximum atomic E-state index is 12.2. The third kappa shape index (κ3) is 3.84. The Kier molecular flexibility index (Phi) is 4.44. The summed E-state index contributed by atoms with van der Waals surface area (Å²) in [7, 11) is 0. The fraction of sp³-hybridized carbons (Fsp3) is 0.533. The van der Waals surface area contributed by atoms with Gasteiger partial charge >= 0.3 is 6.18 Å². The van der Waals surface area contributed by atoms with Crippen molar-refractivity contribution in [3.63, 3.8) is 0 Å². The third-order valence-electron chi connectivity index (χ3n) is 3.65. The van der Waals surface area contributed by atoms with Gasteiger partial charge in [0.15, 0.2) is 17.6 Å². The van der Waals surface area contributed by atoms with Gasteiger partial charge in [0.1, 0.15) is 12.4 Å². The number of nitrogens with zero attached hydrogens (tertiary/aromatic N) is 1. The lowest BCUT2D eigenvalue weighted by Gasteiger charge is -2.40. The molecule has 24 heavy (non-hydrogen) atoms. The van der Waals surface area contributed by atoms with Gasteiger partial charge in [-0.2, -0.15) is 13.2 Å². The number of likely N-dealkylation sites (tertiary alicyclic amines) is 1. The molecule has 2 heterocycles. The predicted molar refractivity (Wildman–Crippen MR) is 75.0 cm³/mol. The van der Waals surface area contributed by atoms with Crippen molar-refractivity contribution < 1.29 is 36.9 Å². The van der Waals surface area contributed by atoms with Gasteiger partial charge in [0.2, 0.25) is 6.79 Å². The van der Waals surface area contributed by atoms with Crippen molar-refractivity contribution in [2.45, 2.75) is 25.3 Å². The Morgan fingerprint density at radius 3 is 2.75 bits per heavy atom. The molecule has 1 atom stereocenters. The van der Waals surface area contributed by atoms with E-state index in [0.717, 1.165) is 0 Å². The average Bonchev–Trinajstić information content (AvgIpc) is 2.91. The molecule has 0 unspecified atom stereocenters. The van der Waals surface area contributed by atoms with E-state index >= 15 is 0 Å². The number of benzene rings is 1. The molecule has 0 N–H and O–H groups in total. The molecule has 0 aromatic heterocycles. The molecule has 0 saturated carbocycles. The number of hydrogen-bond donors (Lipinski definition) is 0. The number of rotatable bonds is 5. The molecule has 1 saturated heterocycles. The highest BCUT2D eigenvalue weighted by Crippen LogP contribution is 2.35. The first kappa shape index (κ1) is 16.7. The lowest BCUT2D eigenvalue weighted by Crippen LogP contribution is -2.58. The second-order valence-corrected chi connectivity index (χ2v) is 5.57. The first-order chi connectivity index (χ1) is 11.3. The van der Waals surface area contributed by atoms with Crippen LogP contribution in [-0.2, 0) is 9.53 Å². The van der Waals surface area contributed by atoms with Gasteiger partial charge in [-0.05, 0) is 19.1 Å². The standard InChI is InChI=1S/C15H16F3NO5/c1-9(24-10-2-3-12-13(4-10)23-8-22-12)14(20)19-5-11(6-19)21-7-15(16,17)18/h2-4,9,11H,5-8H2,1H3/t9-/m0/s1. The van der Waals surface area contributed by atoms with E-state index in [4.69, 9.17) is 14.2 Å². The fourth-order valence-electron chi connectivity index (χ4n) is 2.40. The first-order valence-corrected chi connectivity index (χ1v) is 7.35. The maximum Gasteiger partial charge on any atom is 0.411 e. The van der Waals surface area contributed by atoms with Gasteiger partial charge in [0, 0.05) is 19.2 Å². The lowest BCUT2D eigenvalue weighted by atomic mass is 10.1. The Balaban J connectivity index is 1.46. The number of hydrogen-bond acceptors (Lipinski definition) is 5. The van der Waals surface area contributed by atoms with Crippen LogP contribution in [0.1, 0.15) is 6.92 Å². The highest BCUT2D eigenvalue weighted by atomic mass is 19.4. The number of amides is 1. The van der Waals surface area contributed by atoms with Crippen molar-refractivity contribution in [3.05, 3.63) is 18.2 Å². The molecular weight excluding hydrogens is 331 g/mol. The summed E-state index contributed by atoms with van der Waals surface area (Å²) in [4.78, 5) is 13.6. The van der Waals surface area contributed by atoms with Crippen LogP contribution in [0.3, 0.4) is 0 Å². The van der Waals surface area contributed by atoms with Crippen LogP contribution >= 0.6 is 0 Å². The van der Waals surface area contributed by atoms with Crippen molar-refractivity contribution in [2.24, 2.45) is 0 Å². The van der Waals surface area contributed by atoms with Crippen LogP contribution in [0, 0.1) is 0 Å². The van der Waals surface area contributed by atoms with E-state index in [-0.39, 0.29) is 25.8 Å². The summed E-state index contributed by atoms with van der Waals surface area (Å²) in [5, 5.41) is 0. The normalized spacial score (nSPS) is 18.2. The molecule has 2 aliphatic heterocycles. The molecule has 0 bridgehead atoms. The Bertz CT molecular complexity index is 616. The van der Waals surface area contributed by atoms with Crippen molar-refractivity contribution in [3.8, 4) is 17.2 Å². The SMILES string of the molecule is C[C@H](Oc1ccc2c(c1)OCO2)C(=O)N1CC(OCC(F)(F)F)C1. The summed E-state index contributed by atoms with van der Waals surface area (Å²) in [5.41, 5.74) is 0. The third-order valence-corrected chi connectivity index (χ3v) is 3.65. The van der Waals surface area contributed by atoms with Crippen molar-refractivity contribution >= 4 is 5.91 Å². The van der Waals surface area contributed by atoms with Gasteiger partial charge in [-0.25, -0.2) is 0 Å². The topological polar surface area (TPSA) is 57.2 Å². The van der Waals surface area contributed by atoms with Crippen molar-refractivity contribution in [1.29, 1.82) is 0 Å². The van der Waals surface area contributed by atoms with Crippen molar-refractivity contribution in [1.82, 2.24) is 4.90 Å². The van der Waals surface area contributed by atoms with Gasteiger partial charge in [-0.15, -0.1) is 0 Å². The zero-order chi connectivity index (χ0) is 17.3. The second-order valence-electron chi connectivity index (χ2n) is 5.57. The van der Waals surface area contributed by atoms with Crippen LogP contribution < -0.4 is 14.2 Å². The highest BCUT2D eigenvalue weighted by Gasteiger charge is 2.37. The summed E-state index contributed by atoms with van der Waals surface area (Å²) in [6.45, 7) is 0.674. The molecule has 0 spiro atoms. The smallest absolute Gasteiger partial charge is 0.411 e. The number of carbonyl (C=O) groups is 1. The van der Waals surface area contributed by atoms with Gasteiger partial charge in [-0.3, -0.25) is 4.79 Å². The molecule has 1 aromatic carbocycles. The van der Waals surface area contributed by atoms with Gasteiger partial charge < -0.3 is 23.8 Å². The summed E-state index contributed by atoms with van der Waals surface area (Å²) in [6, 6.07) is 4.96. The molecule has 1 fully saturated rings. The zero-order valence-corrected chi connectivity index (χ0v) is 12.8. The van der Waals surface area contributed by atoms with Gasteiger partial charge in [-0.1, -0.05) is 0 Å².